The van der Waals surface area contributed by atoms with Gasteiger partial charge in [0.25, 0.3) is 0 Å². The molecule has 0 unspecified atom stereocenters. The van der Waals surface area contributed by atoms with Gasteiger partial charge in [0.15, 0.2) is 0 Å². The maximum atomic E-state index is 8.31. The van der Waals surface area contributed by atoms with Crippen LogP contribution in [0, 0.1) is 19.1 Å². The molecule has 0 fully saturated rings. The number of aromatic nitrogens is 2. The summed E-state index contributed by atoms with van der Waals surface area (Å²) >= 11 is 3.68. The number of pyridine rings is 2. The van der Waals surface area contributed by atoms with E-state index in [1.807, 2.05) is 72.9 Å². The van der Waals surface area contributed by atoms with Crippen molar-refractivity contribution < 1.29 is 21.5 Å². The molecule has 219 valence electrons. The van der Waals surface area contributed by atoms with Gasteiger partial charge in [-0.1, -0.05) is 80.3 Å². The summed E-state index contributed by atoms with van der Waals surface area (Å²) in [6.07, 6.45) is 3.86. The van der Waals surface area contributed by atoms with Gasteiger partial charge in [0.1, 0.15) is 0 Å². The smallest absolute Gasteiger partial charge is 0.0798 e. The first-order chi connectivity index (χ1) is 20.5. The molecule has 2 nitrogen and oxygen atoms in total. The van der Waals surface area contributed by atoms with E-state index >= 15 is 0 Å². The molecule has 0 aliphatic rings. The fraction of sp³-hybridized carbons (Fsp3) is 0.189. The Labute approximate surface area is 278 Å². The zero-order chi connectivity index (χ0) is 30.4. The molecular weight excluding hydrogens is 757 g/mol. The number of hydrogen-bond acceptors (Lipinski definition) is 4. The number of hydrogen-bond donors (Lipinski definition) is 0. The summed E-state index contributed by atoms with van der Waals surface area (Å²) < 4.78 is 13.6. The number of rotatable bonds is 4. The first-order valence-electron chi connectivity index (χ1n) is 14.7. The molecule has 4 aromatic heterocycles. The Morgan fingerprint density at radius 2 is 1.56 bits per heavy atom. The van der Waals surface area contributed by atoms with Crippen molar-refractivity contribution in [1.82, 2.24) is 9.97 Å². The van der Waals surface area contributed by atoms with E-state index < -0.39 is 14.0 Å². The van der Waals surface area contributed by atoms with E-state index in [9.17, 15) is 0 Å². The minimum absolute atomic E-state index is 0. The molecule has 0 aliphatic heterocycles. The summed E-state index contributed by atoms with van der Waals surface area (Å²) in [5.74, 6) is -0.641. The maximum Gasteiger partial charge on any atom is 0.0798 e. The molecule has 3 aromatic carbocycles. The summed E-state index contributed by atoms with van der Waals surface area (Å²) in [5.41, 5.74) is 6.34. The second kappa shape index (κ2) is 12.9. The van der Waals surface area contributed by atoms with Crippen LogP contribution >= 0.6 is 22.7 Å². The van der Waals surface area contributed by atoms with Crippen molar-refractivity contribution in [3.63, 3.8) is 0 Å². The number of fused-ring (bicyclic) bond motifs is 5. The molecule has 0 amide bonds. The molecule has 4 heterocycles. The SMILES string of the molecule is Cc1cc(-c2[c-]cccc2)ncc1[Si](C)(C)C.[2H]C(C)(C)c1ccnc(-c2[c-]ccc3c2sc2c4ccccc4sc32)c1.[Ir]. The Balaban J connectivity index is 0.000000187. The van der Waals surface area contributed by atoms with E-state index in [0.717, 1.165) is 28.1 Å². The van der Waals surface area contributed by atoms with Crippen LogP contribution in [0.4, 0.5) is 0 Å². The van der Waals surface area contributed by atoms with Gasteiger partial charge < -0.3 is 9.97 Å². The number of benzene rings is 3. The van der Waals surface area contributed by atoms with Crippen LogP contribution in [-0.2, 0) is 20.1 Å². The summed E-state index contributed by atoms with van der Waals surface area (Å²) in [7, 11) is -1.27. The van der Waals surface area contributed by atoms with Gasteiger partial charge in [-0.3, -0.25) is 0 Å². The Hall–Kier alpha value is -2.99. The van der Waals surface area contributed by atoms with E-state index in [-0.39, 0.29) is 20.1 Å². The number of nitrogens with zero attached hydrogens (tertiary/aromatic N) is 2. The molecule has 7 aromatic rings. The van der Waals surface area contributed by atoms with Crippen LogP contribution in [0.1, 0.15) is 32.2 Å². The van der Waals surface area contributed by atoms with Crippen LogP contribution < -0.4 is 5.19 Å². The fourth-order valence-corrected chi connectivity index (χ4v) is 9.74. The zero-order valence-corrected chi connectivity index (χ0v) is 30.2. The topological polar surface area (TPSA) is 25.8 Å². The van der Waals surface area contributed by atoms with Gasteiger partial charge in [0, 0.05) is 53.4 Å². The Morgan fingerprint density at radius 1 is 0.791 bits per heavy atom. The third-order valence-electron chi connectivity index (χ3n) is 7.45. The average molecular weight is 792 g/mol. The van der Waals surface area contributed by atoms with E-state index in [4.69, 9.17) is 1.37 Å². The Morgan fingerprint density at radius 3 is 2.28 bits per heavy atom. The van der Waals surface area contributed by atoms with Gasteiger partial charge in [-0.05, 0) is 46.2 Å². The zero-order valence-electron chi connectivity index (χ0n) is 26.2. The molecule has 0 saturated carbocycles. The predicted molar refractivity (Wildman–Crippen MR) is 187 cm³/mol. The van der Waals surface area contributed by atoms with Gasteiger partial charge >= 0.3 is 0 Å². The third-order valence-corrected chi connectivity index (χ3v) is 12.2. The van der Waals surface area contributed by atoms with Gasteiger partial charge in [-0.25, -0.2) is 0 Å². The van der Waals surface area contributed by atoms with Crippen LogP contribution in [0.15, 0.2) is 91.3 Å². The van der Waals surface area contributed by atoms with E-state index in [0.29, 0.717) is 0 Å². The average Bonchev–Trinajstić information content (AvgIpc) is 3.53. The van der Waals surface area contributed by atoms with Crippen LogP contribution in [-0.4, -0.2) is 18.0 Å². The molecule has 0 spiro atoms. The summed E-state index contributed by atoms with van der Waals surface area (Å²) in [5, 5.41) is 4.04. The predicted octanol–water partition coefficient (Wildman–Crippen LogP) is 10.7. The largest absolute Gasteiger partial charge is 0.305 e. The van der Waals surface area contributed by atoms with E-state index in [2.05, 4.69) is 97.3 Å². The van der Waals surface area contributed by atoms with Crippen LogP contribution in [0.2, 0.25) is 19.6 Å². The number of thiophene rings is 2. The molecular formula is C37H34IrN2S2Si-2. The molecule has 7 rings (SSSR count). The minimum atomic E-state index is -1.27. The van der Waals surface area contributed by atoms with Gasteiger partial charge in [-0.15, -0.1) is 71.0 Å². The minimum Gasteiger partial charge on any atom is -0.305 e. The van der Waals surface area contributed by atoms with E-state index in [1.54, 1.807) is 6.20 Å². The molecule has 0 N–H and O–H groups in total. The molecule has 6 heteroatoms. The normalized spacial score (nSPS) is 12.1. The molecule has 0 saturated heterocycles. The van der Waals surface area contributed by atoms with Crippen molar-refractivity contribution in [3.8, 4) is 22.5 Å². The Kier molecular flexibility index (Phi) is 9.04. The summed E-state index contributed by atoms with van der Waals surface area (Å²) in [6, 6.07) is 33.5. The van der Waals surface area contributed by atoms with Crippen molar-refractivity contribution in [2.45, 2.75) is 46.3 Å². The fourth-order valence-electron chi connectivity index (χ4n) is 5.28. The number of aryl methyl sites for hydroxylation is 1. The quantitative estimate of drug-likeness (QED) is 0.131. The summed E-state index contributed by atoms with van der Waals surface area (Å²) in [6.45, 7) is 13.1. The van der Waals surface area contributed by atoms with Gasteiger partial charge in [0.2, 0.25) is 0 Å². The molecule has 43 heavy (non-hydrogen) atoms. The van der Waals surface area contributed by atoms with Crippen LogP contribution in [0.5, 0.6) is 0 Å². The van der Waals surface area contributed by atoms with Crippen LogP contribution in [0.3, 0.4) is 0 Å². The first kappa shape index (κ1) is 30.1. The molecule has 0 aliphatic carbocycles. The van der Waals surface area contributed by atoms with Gasteiger partial charge in [0.05, 0.1) is 8.07 Å². The molecule has 0 bridgehead atoms. The standard InChI is InChI=1S/C22H16NS2.C15H18NSi.Ir/c1-13(2)14-10-11-23-18(12-14)15-7-5-8-17-20(15)25-21-16-6-3-4-9-19(16)24-22(17)21;1-12-10-14(13-8-6-5-7-9-13)16-11-15(12)17(2,3)4;/h3-6,8-13H,1-2H3;5-8,10-11H,1-4H3;/q2*-1;/i13D;;. The van der Waals surface area contributed by atoms with Crippen molar-refractivity contribution in [1.29, 1.82) is 0 Å². The third kappa shape index (κ3) is 6.45. The monoisotopic (exact) mass is 792 g/mol. The van der Waals surface area contributed by atoms with E-state index in [1.165, 1.54) is 40.3 Å². The maximum absolute atomic E-state index is 8.31. The van der Waals surface area contributed by atoms with Crippen molar-refractivity contribution in [2.75, 3.05) is 0 Å². The summed E-state index contributed by atoms with van der Waals surface area (Å²) in [4.78, 5) is 9.17. The van der Waals surface area contributed by atoms with Crippen molar-refractivity contribution in [2.24, 2.45) is 0 Å². The Bertz CT molecular complexity index is 2070. The first-order valence-corrected chi connectivity index (χ1v) is 19.3. The van der Waals surface area contributed by atoms with Gasteiger partial charge in [-0.2, -0.15) is 11.3 Å². The molecule has 1 radical (unpaired) electrons. The second-order valence-corrected chi connectivity index (χ2v) is 18.9. The second-order valence-electron chi connectivity index (χ2n) is 11.8. The molecule has 0 atom stereocenters. The van der Waals surface area contributed by atoms with Crippen molar-refractivity contribution >= 4 is 65.5 Å². The van der Waals surface area contributed by atoms with Crippen molar-refractivity contribution in [3.05, 3.63) is 115 Å². The van der Waals surface area contributed by atoms with Crippen LogP contribution in [0.25, 0.3) is 52.1 Å².